The van der Waals surface area contributed by atoms with E-state index in [1.807, 2.05) is 0 Å². The molecule has 2 unspecified atom stereocenters. The Labute approximate surface area is 105 Å². The van der Waals surface area contributed by atoms with Crippen molar-refractivity contribution in [3.63, 3.8) is 0 Å². The first kappa shape index (κ1) is 12.6. The molecule has 0 saturated heterocycles. The zero-order valence-corrected chi connectivity index (χ0v) is 11.0. The molecule has 0 bridgehead atoms. The molecule has 2 atom stereocenters. The monoisotopic (exact) mass is 232 g/mol. The molecule has 0 spiro atoms. The van der Waals surface area contributed by atoms with Crippen LogP contribution in [0.5, 0.6) is 0 Å². The molecule has 1 aliphatic rings. The van der Waals surface area contributed by atoms with Gasteiger partial charge in [0.25, 0.3) is 0 Å². The summed E-state index contributed by atoms with van der Waals surface area (Å²) in [7, 11) is 2.20. The number of nitrogens with two attached hydrogens (primary N) is 1. The Morgan fingerprint density at radius 3 is 2.53 bits per heavy atom. The Balaban J connectivity index is 1.78. The summed E-state index contributed by atoms with van der Waals surface area (Å²) in [6.45, 7) is 3.32. The standard InChI is InChI=1S/C15H24N2/c1-12(14-8-9-14)17(2)11-15(16)10-13-6-4-3-5-7-13/h3-7,12,14-15H,8-11,16H2,1-2H3. The minimum Gasteiger partial charge on any atom is -0.326 e. The van der Waals surface area contributed by atoms with Crippen molar-refractivity contribution >= 4 is 0 Å². The van der Waals surface area contributed by atoms with Gasteiger partial charge in [0.05, 0.1) is 0 Å². The smallest absolute Gasteiger partial charge is 0.0208 e. The van der Waals surface area contributed by atoms with Gasteiger partial charge in [-0.05, 0) is 44.7 Å². The van der Waals surface area contributed by atoms with Gasteiger partial charge in [-0.2, -0.15) is 0 Å². The van der Waals surface area contributed by atoms with Crippen molar-refractivity contribution in [2.45, 2.75) is 38.3 Å². The molecular formula is C15H24N2. The van der Waals surface area contributed by atoms with Crippen molar-refractivity contribution < 1.29 is 0 Å². The van der Waals surface area contributed by atoms with Crippen LogP contribution in [-0.2, 0) is 6.42 Å². The highest BCUT2D eigenvalue weighted by atomic mass is 15.1. The lowest BCUT2D eigenvalue weighted by Gasteiger charge is -2.27. The molecule has 0 heterocycles. The molecule has 1 aliphatic carbocycles. The van der Waals surface area contributed by atoms with Crippen LogP contribution in [0, 0.1) is 5.92 Å². The number of benzene rings is 1. The maximum Gasteiger partial charge on any atom is 0.0208 e. The van der Waals surface area contributed by atoms with Gasteiger partial charge in [-0.1, -0.05) is 30.3 Å². The second-order valence-electron chi connectivity index (χ2n) is 5.47. The predicted octanol–water partition coefficient (Wildman–Crippen LogP) is 2.29. The molecule has 0 aliphatic heterocycles. The van der Waals surface area contributed by atoms with Crippen molar-refractivity contribution in [3.8, 4) is 0 Å². The Morgan fingerprint density at radius 2 is 1.94 bits per heavy atom. The zero-order valence-electron chi connectivity index (χ0n) is 11.0. The van der Waals surface area contributed by atoms with E-state index in [4.69, 9.17) is 5.73 Å². The molecule has 0 aromatic heterocycles. The molecule has 1 aromatic rings. The Hall–Kier alpha value is -0.860. The summed E-state index contributed by atoms with van der Waals surface area (Å²) in [6.07, 6.45) is 3.78. The van der Waals surface area contributed by atoms with Crippen LogP contribution in [0.1, 0.15) is 25.3 Å². The molecule has 94 valence electrons. The quantitative estimate of drug-likeness (QED) is 0.815. The highest BCUT2D eigenvalue weighted by Gasteiger charge is 2.30. The van der Waals surface area contributed by atoms with Gasteiger partial charge < -0.3 is 10.6 Å². The normalized spacial score (nSPS) is 19.3. The second kappa shape index (κ2) is 5.65. The van der Waals surface area contributed by atoms with Crippen LogP contribution in [0.25, 0.3) is 0 Å². The van der Waals surface area contributed by atoms with Crippen molar-refractivity contribution in [3.05, 3.63) is 35.9 Å². The Bertz CT molecular complexity index is 332. The van der Waals surface area contributed by atoms with Gasteiger partial charge in [0, 0.05) is 18.6 Å². The minimum atomic E-state index is 0.239. The summed E-state index contributed by atoms with van der Waals surface area (Å²) in [5.41, 5.74) is 7.56. The first-order valence-electron chi connectivity index (χ1n) is 6.66. The van der Waals surface area contributed by atoms with Crippen LogP contribution in [0.2, 0.25) is 0 Å². The maximum absolute atomic E-state index is 6.22. The molecule has 1 fully saturated rings. The number of nitrogens with zero attached hydrogens (tertiary/aromatic N) is 1. The van der Waals surface area contributed by atoms with E-state index in [1.54, 1.807) is 0 Å². The fraction of sp³-hybridized carbons (Fsp3) is 0.600. The average molecular weight is 232 g/mol. The predicted molar refractivity (Wildman–Crippen MR) is 72.9 cm³/mol. The van der Waals surface area contributed by atoms with Crippen LogP contribution >= 0.6 is 0 Å². The third-order valence-electron chi connectivity index (χ3n) is 3.86. The zero-order chi connectivity index (χ0) is 12.3. The van der Waals surface area contributed by atoms with Crippen LogP contribution < -0.4 is 5.73 Å². The third kappa shape index (κ3) is 3.83. The number of hydrogen-bond donors (Lipinski definition) is 1. The molecule has 1 saturated carbocycles. The second-order valence-corrected chi connectivity index (χ2v) is 5.47. The van der Waals surface area contributed by atoms with Gasteiger partial charge in [0.1, 0.15) is 0 Å². The fourth-order valence-corrected chi connectivity index (χ4v) is 2.46. The number of likely N-dealkylation sites (N-methyl/N-ethyl adjacent to an activating group) is 1. The Kier molecular flexibility index (Phi) is 4.19. The summed E-state index contributed by atoms with van der Waals surface area (Å²) in [6, 6.07) is 11.5. The summed E-state index contributed by atoms with van der Waals surface area (Å²) in [4.78, 5) is 2.42. The summed E-state index contributed by atoms with van der Waals surface area (Å²) < 4.78 is 0. The molecule has 2 nitrogen and oxygen atoms in total. The highest BCUT2D eigenvalue weighted by molar-refractivity contribution is 5.15. The third-order valence-corrected chi connectivity index (χ3v) is 3.86. The maximum atomic E-state index is 6.22. The van der Waals surface area contributed by atoms with E-state index in [1.165, 1.54) is 18.4 Å². The van der Waals surface area contributed by atoms with Crippen LogP contribution in [0.3, 0.4) is 0 Å². The summed E-state index contributed by atoms with van der Waals surface area (Å²) >= 11 is 0. The van der Waals surface area contributed by atoms with E-state index >= 15 is 0 Å². The van der Waals surface area contributed by atoms with Gasteiger partial charge in [0.2, 0.25) is 0 Å². The van der Waals surface area contributed by atoms with E-state index in [2.05, 4.69) is 49.2 Å². The van der Waals surface area contributed by atoms with E-state index in [-0.39, 0.29) is 6.04 Å². The molecule has 0 radical (unpaired) electrons. The van der Waals surface area contributed by atoms with Crippen LogP contribution in [0.15, 0.2) is 30.3 Å². The van der Waals surface area contributed by atoms with Gasteiger partial charge in [-0.25, -0.2) is 0 Å². The van der Waals surface area contributed by atoms with Crippen molar-refractivity contribution in [2.75, 3.05) is 13.6 Å². The molecule has 2 heteroatoms. The first-order chi connectivity index (χ1) is 8.16. The van der Waals surface area contributed by atoms with Crippen LogP contribution in [0.4, 0.5) is 0 Å². The van der Waals surface area contributed by atoms with E-state index in [0.29, 0.717) is 6.04 Å². The molecule has 17 heavy (non-hydrogen) atoms. The molecule has 1 aromatic carbocycles. The minimum absolute atomic E-state index is 0.239. The number of rotatable bonds is 6. The number of hydrogen-bond acceptors (Lipinski definition) is 2. The van der Waals surface area contributed by atoms with Crippen molar-refractivity contribution in [1.82, 2.24) is 4.90 Å². The molecule has 2 N–H and O–H groups in total. The average Bonchev–Trinajstić information content (AvgIpc) is 3.13. The van der Waals surface area contributed by atoms with Crippen molar-refractivity contribution in [1.29, 1.82) is 0 Å². The summed E-state index contributed by atoms with van der Waals surface area (Å²) in [5.74, 6) is 0.920. The first-order valence-corrected chi connectivity index (χ1v) is 6.66. The van der Waals surface area contributed by atoms with E-state index in [9.17, 15) is 0 Å². The largest absolute Gasteiger partial charge is 0.326 e. The highest BCUT2D eigenvalue weighted by Crippen LogP contribution is 2.34. The van der Waals surface area contributed by atoms with Gasteiger partial charge >= 0.3 is 0 Å². The van der Waals surface area contributed by atoms with Crippen LogP contribution in [-0.4, -0.2) is 30.6 Å². The molecule has 0 amide bonds. The van der Waals surface area contributed by atoms with Crippen molar-refractivity contribution in [2.24, 2.45) is 11.7 Å². The fourth-order valence-electron chi connectivity index (χ4n) is 2.46. The van der Waals surface area contributed by atoms with E-state index < -0.39 is 0 Å². The van der Waals surface area contributed by atoms with Gasteiger partial charge in [-0.3, -0.25) is 0 Å². The van der Waals surface area contributed by atoms with Gasteiger partial charge in [0.15, 0.2) is 0 Å². The lowest BCUT2D eigenvalue weighted by Crippen LogP contribution is -2.41. The van der Waals surface area contributed by atoms with Gasteiger partial charge in [-0.15, -0.1) is 0 Å². The summed E-state index contributed by atoms with van der Waals surface area (Å²) in [5, 5.41) is 0. The molecular weight excluding hydrogens is 208 g/mol. The lowest BCUT2D eigenvalue weighted by atomic mass is 10.1. The topological polar surface area (TPSA) is 29.3 Å². The van der Waals surface area contributed by atoms with E-state index in [0.717, 1.165) is 18.9 Å². The molecule has 2 rings (SSSR count). The Morgan fingerprint density at radius 1 is 1.29 bits per heavy atom. The SMILES string of the molecule is CC(C1CC1)N(C)CC(N)Cc1ccccc1. The lowest BCUT2D eigenvalue weighted by molar-refractivity contribution is 0.220.